The molecule has 0 unspecified atom stereocenters. The van der Waals surface area contributed by atoms with Gasteiger partial charge in [0.2, 0.25) is 17.7 Å². The highest BCUT2D eigenvalue weighted by Crippen LogP contribution is 2.21. The maximum absolute atomic E-state index is 12.6. The number of carboxylic acids is 1. The van der Waals surface area contributed by atoms with Gasteiger partial charge in [-0.15, -0.1) is 0 Å². The molecule has 0 spiro atoms. The van der Waals surface area contributed by atoms with Gasteiger partial charge in [0.1, 0.15) is 6.04 Å². The SMILES string of the molecule is CC(C)CC(=O)N[C@H](CNC(=O)[C@@H]1CCCN(C(=O)CCC2CCNCC2)C1)C(=O)O. The Morgan fingerprint density at radius 3 is 2.48 bits per heavy atom. The van der Waals surface area contributed by atoms with Gasteiger partial charge in [0.25, 0.3) is 0 Å². The summed E-state index contributed by atoms with van der Waals surface area (Å²) in [6.45, 7) is 6.64. The van der Waals surface area contributed by atoms with Crippen LogP contribution in [0.25, 0.3) is 0 Å². The van der Waals surface area contributed by atoms with E-state index in [4.69, 9.17) is 0 Å². The van der Waals surface area contributed by atoms with Gasteiger partial charge in [-0.25, -0.2) is 4.79 Å². The Morgan fingerprint density at radius 1 is 1.13 bits per heavy atom. The van der Waals surface area contributed by atoms with Gasteiger partial charge in [-0.1, -0.05) is 13.8 Å². The van der Waals surface area contributed by atoms with Crippen LogP contribution in [0.4, 0.5) is 0 Å². The summed E-state index contributed by atoms with van der Waals surface area (Å²) in [6, 6.07) is -1.17. The highest BCUT2D eigenvalue weighted by atomic mass is 16.4. The zero-order valence-electron chi connectivity index (χ0n) is 18.8. The Kier molecular flexibility index (Phi) is 10.2. The molecule has 0 aromatic rings. The minimum Gasteiger partial charge on any atom is -0.480 e. The number of likely N-dealkylation sites (tertiary alicyclic amines) is 1. The number of nitrogens with one attached hydrogen (secondary N) is 3. The smallest absolute Gasteiger partial charge is 0.328 e. The number of amides is 3. The quantitative estimate of drug-likeness (QED) is 0.398. The summed E-state index contributed by atoms with van der Waals surface area (Å²) in [5, 5.41) is 17.8. The topological polar surface area (TPSA) is 128 Å². The molecule has 0 aliphatic carbocycles. The number of rotatable bonds is 10. The number of piperidine rings is 2. The van der Waals surface area contributed by atoms with E-state index in [-0.39, 0.29) is 42.5 Å². The van der Waals surface area contributed by atoms with Crippen LogP contribution in [-0.2, 0) is 19.2 Å². The van der Waals surface area contributed by atoms with E-state index >= 15 is 0 Å². The number of carboxylic acid groups (broad SMARTS) is 1. The van der Waals surface area contributed by atoms with Gasteiger partial charge < -0.3 is 26.0 Å². The molecule has 0 aromatic carbocycles. The molecule has 9 nitrogen and oxygen atoms in total. The molecule has 0 bridgehead atoms. The number of hydrogen-bond donors (Lipinski definition) is 4. The molecule has 2 heterocycles. The molecule has 0 radical (unpaired) electrons. The van der Waals surface area contributed by atoms with Gasteiger partial charge >= 0.3 is 5.97 Å². The van der Waals surface area contributed by atoms with Crippen LogP contribution in [0, 0.1) is 17.8 Å². The normalized spacial score (nSPS) is 20.9. The zero-order chi connectivity index (χ0) is 22.8. The van der Waals surface area contributed by atoms with E-state index in [1.54, 1.807) is 4.90 Å². The lowest BCUT2D eigenvalue weighted by Gasteiger charge is -2.33. The molecule has 2 saturated heterocycles. The van der Waals surface area contributed by atoms with E-state index in [2.05, 4.69) is 16.0 Å². The summed E-state index contributed by atoms with van der Waals surface area (Å²) >= 11 is 0. The maximum Gasteiger partial charge on any atom is 0.328 e. The summed E-state index contributed by atoms with van der Waals surface area (Å²) in [7, 11) is 0. The predicted molar refractivity (Wildman–Crippen MR) is 116 cm³/mol. The average molecular weight is 439 g/mol. The van der Waals surface area contributed by atoms with Crippen LogP contribution in [0.15, 0.2) is 0 Å². The first-order valence-electron chi connectivity index (χ1n) is 11.5. The Balaban J connectivity index is 1.77. The fourth-order valence-electron chi connectivity index (χ4n) is 4.24. The van der Waals surface area contributed by atoms with Crippen molar-refractivity contribution < 1.29 is 24.3 Å². The number of aliphatic carboxylic acids is 1. The minimum atomic E-state index is -1.18. The van der Waals surface area contributed by atoms with E-state index in [0.29, 0.717) is 31.8 Å². The van der Waals surface area contributed by atoms with Gasteiger partial charge in [0.05, 0.1) is 5.92 Å². The van der Waals surface area contributed by atoms with Crippen molar-refractivity contribution >= 4 is 23.7 Å². The molecule has 2 aliphatic rings. The first-order chi connectivity index (χ1) is 14.8. The van der Waals surface area contributed by atoms with Crippen molar-refractivity contribution in [3.63, 3.8) is 0 Å². The van der Waals surface area contributed by atoms with E-state index in [0.717, 1.165) is 38.8 Å². The highest BCUT2D eigenvalue weighted by Gasteiger charge is 2.30. The third-order valence-corrected chi connectivity index (χ3v) is 6.08. The fraction of sp³-hybridized carbons (Fsp3) is 0.818. The standard InChI is InChI=1S/C22H38N4O5/c1-15(2)12-19(27)25-18(22(30)31)13-24-21(29)17-4-3-11-26(14-17)20(28)6-5-16-7-9-23-10-8-16/h15-18,23H,3-14H2,1-2H3,(H,24,29)(H,25,27)(H,30,31)/t17-,18-/m1/s1. The summed E-state index contributed by atoms with van der Waals surface area (Å²) in [5.74, 6) is -1.34. The van der Waals surface area contributed by atoms with E-state index in [1.807, 2.05) is 13.8 Å². The second-order valence-electron chi connectivity index (χ2n) is 9.21. The Hall–Kier alpha value is -2.16. The van der Waals surface area contributed by atoms with Crippen LogP contribution in [0.5, 0.6) is 0 Å². The molecule has 0 aromatic heterocycles. The van der Waals surface area contributed by atoms with Crippen LogP contribution in [0.1, 0.15) is 58.8 Å². The molecule has 3 amide bonds. The Labute approximate surface area is 184 Å². The largest absolute Gasteiger partial charge is 0.480 e. The fourth-order valence-corrected chi connectivity index (χ4v) is 4.24. The molecular weight excluding hydrogens is 400 g/mol. The molecule has 2 atom stereocenters. The van der Waals surface area contributed by atoms with Crippen LogP contribution < -0.4 is 16.0 Å². The van der Waals surface area contributed by atoms with Gasteiger partial charge in [-0.05, 0) is 57.0 Å². The lowest BCUT2D eigenvalue weighted by Crippen LogP contribution is -2.51. The molecule has 0 saturated carbocycles. The zero-order valence-corrected chi connectivity index (χ0v) is 18.8. The van der Waals surface area contributed by atoms with Crippen LogP contribution in [0.2, 0.25) is 0 Å². The van der Waals surface area contributed by atoms with Gasteiger partial charge in [-0.2, -0.15) is 0 Å². The van der Waals surface area contributed by atoms with E-state index < -0.39 is 12.0 Å². The molecule has 9 heteroatoms. The lowest BCUT2D eigenvalue weighted by molar-refractivity contribution is -0.142. The first-order valence-corrected chi connectivity index (χ1v) is 11.5. The van der Waals surface area contributed by atoms with E-state index in [9.17, 15) is 24.3 Å². The molecule has 2 rings (SSSR count). The third-order valence-electron chi connectivity index (χ3n) is 6.08. The highest BCUT2D eigenvalue weighted by molar-refractivity contribution is 5.85. The first kappa shape index (κ1) is 25.1. The predicted octanol–water partition coefficient (Wildman–Crippen LogP) is 0.737. The van der Waals surface area contributed by atoms with Crippen molar-refractivity contribution in [3.8, 4) is 0 Å². The van der Waals surface area contributed by atoms with Crippen molar-refractivity contribution in [1.29, 1.82) is 0 Å². The second-order valence-corrected chi connectivity index (χ2v) is 9.21. The molecule has 4 N–H and O–H groups in total. The van der Waals surface area contributed by atoms with Crippen LogP contribution in [-0.4, -0.2) is 72.5 Å². The van der Waals surface area contributed by atoms with E-state index in [1.165, 1.54) is 0 Å². The van der Waals surface area contributed by atoms with Crippen LogP contribution in [0.3, 0.4) is 0 Å². The number of carbonyl (C=O) groups excluding carboxylic acids is 3. The number of carbonyl (C=O) groups is 4. The van der Waals surface area contributed by atoms with Crippen molar-refractivity contribution in [1.82, 2.24) is 20.9 Å². The van der Waals surface area contributed by atoms with Gasteiger partial charge in [0.15, 0.2) is 0 Å². The Bertz CT molecular complexity index is 633. The number of hydrogen-bond acceptors (Lipinski definition) is 5. The maximum atomic E-state index is 12.6. The molecule has 2 fully saturated rings. The molecule has 2 aliphatic heterocycles. The van der Waals surface area contributed by atoms with Crippen LogP contribution >= 0.6 is 0 Å². The summed E-state index contributed by atoms with van der Waals surface area (Å²) in [6.07, 6.45) is 5.28. The molecule has 31 heavy (non-hydrogen) atoms. The monoisotopic (exact) mass is 438 g/mol. The van der Waals surface area contributed by atoms with Crippen molar-refractivity contribution in [2.24, 2.45) is 17.8 Å². The number of nitrogens with zero attached hydrogens (tertiary/aromatic N) is 1. The van der Waals surface area contributed by atoms with Gasteiger partial charge in [0, 0.05) is 32.5 Å². The summed E-state index contributed by atoms with van der Waals surface area (Å²) < 4.78 is 0. The Morgan fingerprint density at radius 2 is 1.84 bits per heavy atom. The summed E-state index contributed by atoms with van der Waals surface area (Å²) in [4.78, 5) is 50.3. The van der Waals surface area contributed by atoms with Crippen molar-refractivity contribution in [2.45, 2.75) is 64.8 Å². The molecule has 176 valence electrons. The lowest BCUT2D eigenvalue weighted by atomic mass is 9.92. The average Bonchev–Trinajstić information content (AvgIpc) is 2.74. The third kappa shape index (κ3) is 8.85. The summed E-state index contributed by atoms with van der Waals surface area (Å²) in [5.41, 5.74) is 0. The van der Waals surface area contributed by atoms with Crippen molar-refractivity contribution in [2.75, 3.05) is 32.7 Å². The van der Waals surface area contributed by atoms with Crippen molar-refractivity contribution in [3.05, 3.63) is 0 Å². The van der Waals surface area contributed by atoms with Gasteiger partial charge in [-0.3, -0.25) is 14.4 Å². The second kappa shape index (κ2) is 12.6. The molecular formula is C22H38N4O5. The minimum absolute atomic E-state index is 0.0976.